The topological polar surface area (TPSA) is 242 Å². The van der Waals surface area contributed by atoms with Crippen molar-refractivity contribution in [3.63, 3.8) is 0 Å². The van der Waals surface area contributed by atoms with Gasteiger partial charge in [0.05, 0.1) is 5.69 Å². The summed E-state index contributed by atoms with van der Waals surface area (Å²) in [6.45, 7) is 2.19. The highest BCUT2D eigenvalue weighted by atomic mass is 31.2. The number of amides is 3. The second-order valence-corrected chi connectivity index (χ2v) is 13.8. The molecule has 3 unspecified atom stereocenters. The first kappa shape index (κ1) is 40.1. The number of hydrogen-bond acceptors (Lipinski definition) is 10. The number of phosphoric acid groups is 1. The van der Waals surface area contributed by atoms with Crippen LogP contribution in [0.25, 0.3) is 11.0 Å². The van der Waals surface area contributed by atoms with Gasteiger partial charge < -0.3 is 30.9 Å². The van der Waals surface area contributed by atoms with Gasteiger partial charge in [0.1, 0.15) is 29.4 Å². The molecule has 3 amide bonds. The molecule has 4 aromatic carbocycles. The van der Waals surface area contributed by atoms with Crippen LogP contribution in [-0.2, 0) is 49.4 Å². The van der Waals surface area contributed by atoms with Crippen LogP contribution in [0.5, 0.6) is 5.75 Å². The molecule has 55 heavy (non-hydrogen) atoms. The van der Waals surface area contributed by atoms with Gasteiger partial charge in [-0.05, 0) is 57.2 Å². The maximum absolute atomic E-state index is 14.0. The van der Waals surface area contributed by atoms with E-state index >= 15 is 0 Å². The Morgan fingerprint density at radius 1 is 0.709 bits per heavy atom. The number of nitrogens with one attached hydrogen (secondary N) is 4. The average Bonchev–Trinajstić information content (AvgIpc) is 3.66. The van der Waals surface area contributed by atoms with Gasteiger partial charge in [0.25, 0.3) is 0 Å². The zero-order valence-electron chi connectivity index (χ0n) is 29.8. The lowest BCUT2D eigenvalue weighted by Gasteiger charge is -2.25. The molecule has 0 aliphatic heterocycles. The highest BCUT2D eigenvalue weighted by molar-refractivity contribution is 7.46. The number of carbonyl (C=O) groups excluding carboxylic acids is 3. The molecule has 288 valence electrons. The summed E-state index contributed by atoms with van der Waals surface area (Å²) in [7, 11) is -4.80. The molecular weight excluding hydrogens is 731 g/mol. The smallest absolute Gasteiger partial charge is 0.480 e. The molecular formula is C38H41N6O10P. The van der Waals surface area contributed by atoms with Crippen molar-refractivity contribution in [1.82, 2.24) is 26.3 Å². The fourth-order valence-corrected chi connectivity index (χ4v) is 6.24. The number of aromatic nitrogens is 2. The van der Waals surface area contributed by atoms with E-state index in [0.29, 0.717) is 27.8 Å². The standard InChI is InChI=1S/C38H41N6O10P/c1-2-27-15-18-29(35-34(27)43-54-44-35)39-20-19-33(45)40-30(21-24-9-5-3-6-10-24)36(46)41-31(22-25-11-7-4-8-12-25)37(47)42-32(38(48)49)23-26-13-16-28(17-14-26)53-55(50,51)52/h3-18,30-32,39H,2,19-23H2,1H3,(H,40,45)(H,41,46)(H,42,47)(H,48,49)(H2,50,51,52). The van der Waals surface area contributed by atoms with E-state index in [1.165, 1.54) is 24.3 Å². The maximum Gasteiger partial charge on any atom is 0.524 e. The average molecular weight is 773 g/mol. The van der Waals surface area contributed by atoms with Crippen LogP contribution in [0.4, 0.5) is 5.69 Å². The summed E-state index contributed by atoms with van der Waals surface area (Å²) in [4.78, 5) is 71.4. The first-order chi connectivity index (χ1) is 26.4. The fraction of sp³-hybridized carbons (Fsp3) is 0.263. The van der Waals surface area contributed by atoms with Gasteiger partial charge in [0.15, 0.2) is 5.52 Å². The largest absolute Gasteiger partial charge is 0.524 e. The Balaban J connectivity index is 1.29. The van der Waals surface area contributed by atoms with Crippen LogP contribution in [0.2, 0.25) is 0 Å². The Labute approximate surface area is 315 Å². The summed E-state index contributed by atoms with van der Waals surface area (Å²) in [5, 5.41) is 29.2. The molecule has 0 bridgehead atoms. The SMILES string of the molecule is CCc1ccc(NCCC(=O)NC(Cc2ccccc2)C(=O)NC(Cc2ccccc2)C(=O)NC(Cc2ccc(OP(=O)(O)O)cc2)C(=O)O)c2nonc12. The summed E-state index contributed by atoms with van der Waals surface area (Å²) in [5.41, 5.74) is 4.65. The highest BCUT2D eigenvalue weighted by Crippen LogP contribution is 2.37. The van der Waals surface area contributed by atoms with Crippen LogP contribution >= 0.6 is 7.82 Å². The van der Waals surface area contributed by atoms with Crippen molar-refractivity contribution in [3.8, 4) is 5.75 Å². The number of carboxylic acids is 1. The molecule has 0 aliphatic rings. The van der Waals surface area contributed by atoms with Gasteiger partial charge in [-0.15, -0.1) is 0 Å². The summed E-state index contributed by atoms with van der Waals surface area (Å²) in [6.07, 6.45) is 0.654. The second kappa shape index (κ2) is 18.8. The number of benzene rings is 4. The molecule has 1 heterocycles. The van der Waals surface area contributed by atoms with Crippen molar-refractivity contribution < 1.29 is 47.8 Å². The van der Waals surface area contributed by atoms with Crippen LogP contribution in [0, 0.1) is 0 Å². The molecule has 0 spiro atoms. The van der Waals surface area contributed by atoms with Gasteiger partial charge in [0, 0.05) is 32.2 Å². The monoisotopic (exact) mass is 772 g/mol. The number of fused-ring (bicyclic) bond motifs is 1. The Morgan fingerprint density at radius 2 is 1.24 bits per heavy atom. The molecule has 0 aliphatic carbocycles. The van der Waals surface area contributed by atoms with E-state index in [4.69, 9.17) is 14.4 Å². The number of aryl methyl sites for hydroxylation is 1. The van der Waals surface area contributed by atoms with Gasteiger partial charge in [-0.25, -0.2) is 14.0 Å². The third-order valence-corrected chi connectivity index (χ3v) is 9.05. The third-order valence-electron chi connectivity index (χ3n) is 8.60. The van der Waals surface area contributed by atoms with Crippen molar-refractivity contribution in [2.45, 2.75) is 57.2 Å². The molecule has 1 aromatic heterocycles. The molecule has 0 saturated heterocycles. The zero-order valence-corrected chi connectivity index (χ0v) is 30.6. The summed E-state index contributed by atoms with van der Waals surface area (Å²) < 4.78 is 20.6. The maximum atomic E-state index is 14.0. The minimum absolute atomic E-state index is 0.0112. The number of nitrogens with zero attached hydrogens (tertiary/aromatic N) is 2. The Morgan fingerprint density at radius 3 is 1.80 bits per heavy atom. The lowest BCUT2D eigenvalue weighted by atomic mass is 10.0. The molecule has 0 saturated carbocycles. The molecule has 3 atom stereocenters. The quantitative estimate of drug-likeness (QED) is 0.0597. The number of carbonyl (C=O) groups is 4. The Bertz CT molecular complexity index is 2130. The molecule has 16 nitrogen and oxygen atoms in total. The van der Waals surface area contributed by atoms with E-state index in [2.05, 4.69) is 36.1 Å². The number of phosphoric ester groups is 1. The van der Waals surface area contributed by atoms with E-state index in [-0.39, 0.29) is 38.0 Å². The van der Waals surface area contributed by atoms with Crippen molar-refractivity contribution in [2.24, 2.45) is 0 Å². The minimum atomic E-state index is -4.80. The lowest BCUT2D eigenvalue weighted by Crippen LogP contribution is -2.57. The fourth-order valence-electron chi connectivity index (χ4n) is 5.85. The van der Waals surface area contributed by atoms with E-state index in [0.717, 1.165) is 17.5 Å². The van der Waals surface area contributed by atoms with Crippen LogP contribution in [0.3, 0.4) is 0 Å². The minimum Gasteiger partial charge on any atom is -0.480 e. The van der Waals surface area contributed by atoms with Gasteiger partial charge in [0.2, 0.25) is 17.7 Å². The molecule has 0 radical (unpaired) electrons. The van der Waals surface area contributed by atoms with Crippen molar-refractivity contribution in [2.75, 3.05) is 11.9 Å². The number of aliphatic carboxylic acids is 1. The van der Waals surface area contributed by atoms with Gasteiger partial charge in [-0.1, -0.05) is 85.8 Å². The highest BCUT2D eigenvalue weighted by Gasteiger charge is 2.30. The van der Waals surface area contributed by atoms with E-state index in [1.807, 2.05) is 37.3 Å². The van der Waals surface area contributed by atoms with Crippen LogP contribution < -0.4 is 25.8 Å². The van der Waals surface area contributed by atoms with Crippen LogP contribution in [0.15, 0.2) is 102 Å². The molecule has 5 rings (SSSR count). The third kappa shape index (κ3) is 12.0. The van der Waals surface area contributed by atoms with Gasteiger partial charge in [-0.2, -0.15) is 0 Å². The molecule has 5 aromatic rings. The van der Waals surface area contributed by atoms with Crippen molar-refractivity contribution in [1.29, 1.82) is 0 Å². The van der Waals surface area contributed by atoms with E-state index in [9.17, 15) is 28.8 Å². The first-order valence-electron chi connectivity index (χ1n) is 17.4. The van der Waals surface area contributed by atoms with E-state index < -0.39 is 49.6 Å². The lowest BCUT2D eigenvalue weighted by molar-refractivity contribution is -0.142. The van der Waals surface area contributed by atoms with Crippen molar-refractivity contribution in [3.05, 3.63) is 119 Å². The normalized spacial score (nSPS) is 12.9. The first-order valence-corrected chi connectivity index (χ1v) is 18.9. The molecule has 7 N–H and O–H groups in total. The predicted octanol–water partition coefficient (Wildman–Crippen LogP) is 3.33. The summed E-state index contributed by atoms with van der Waals surface area (Å²) in [5.74, 6) is -3.34. The summed E-state index contributed by atoms with van der Waals surface area (Å²) in [6, 6.07) is 23.2. The number of anilines is 1. The zero-order chi connectivity index (χ0) is 39.4. The van der Waals surface area contributed by atoms with Gasteiger partial charge >= 0.3 is 13.8 Å². The van der Waals surface area contributed by atoms with Crippen LogP contribution in [0.1, 0.15) is 35.6 Å². The Kier molecular flexibility index (Phi) is 13.7. The molecule has 0 fully saturated rings. The second-order valence-electron chi connectivity index (χ2n) is 12.7. The number of carboxylic acid groups (broad SMARTS) is 1. The van der Waals surface area contributed by atoms with Gasteiger partial charge in [-0.3, -0.25) is 24.2 Å². The van der Waals surface area contributed by atoms with Crippen LogP contribution in [-0.4, -0.2) is 73.6 Å². The Hall–Kier alpha value is -6.09. The number of rotatable bonds is 19. The van der Waals surface area contributed by atoms with Crippen molar-refractivity contribution >= 4 is 48.2 Å². The summed E-state index contributed by atoms with van der Waals surface area (Å²) >= 11 is 0. The molecule has 17 heteroatoms. The predicted molar refractivity (Wildman–Crippen MR) is 201 cm³/mol. The van der Waals surface area contributed by atoms with E-state index in [1.54, 1.807) is 42.5 Å². The number of hydrogen-bond donors (Lipinski definition) is 7.